The van der Waals surface area contributed by atoms with Gasteiger partial charge in [0.15, 0.2) is 0 Å². The molecule has 0 aliphatic carbocycles. The third-order valence-corrected chi connectivity index (χ3v) is 2.75. The Morgan fingerprint density at radius 1 is 1.69 bits per heavy atom. The number of pyridine rings is 1. The Hall–Kier alpha value is -1.46. The van der Waals surface area contributed by atoms with Crippen LogP contribution in [0.25, 0.3) is 0 Å². The van der Waals surface area contributed by atoms with Gasteiger partial charge in [-0.1, -0.05) is 6.07 Å². The average Bonchev–Trinajstić information content (AvgIpc) is 2.31. The van der Waals surface area contributed by atoms with E-state index in [2.05, 4.69) is 10.3 Å². The van der Waals surface area contributed by atoms with Crippen LogP contribution >= 0.6 is 0 Å². The molecule has 1 aromatic rings. The predicted molar refractivity (Wildman–Crippen MR) is 58.9 cm³/mol. The third-order valence-electron chi connectivity index (χ3n) is 2.75. The SMILES string of the molecule is O=C(O)[C@@H]1CNCCN1Cc1cccnc1. The largest absolute Gasteiger partial charge is 0.480 e. The Balaban J connectivity index is 2.04. The first-order valence-electron chi connectivity index (χ1n) is 5.34. The van der Waals surface area contributed by atoms with E-state index in [4.69, 9.17) is 5.11 Å². The molecule has 2 N–H and O–H groups in total. The molecule has 1 aromatic heterocycles. The van der Waals surface area contributed by atoms with Crippen molar-refractivity contribution in [3.8, 4) is 0 Å². The zero-order valence-corrected chi connectivity index (χ0v) is 8.97. The lowest BCUT2D eigenvalue weighted by molar-refractivity contribution is -0.144. The molecule has 5 heteroatoms. The first-order valence-corrected chi connectivity index (χ1v) is 5.34. The Bertz CT molecular complexity index is 356. The highest BCUT2D eigenvalue weighted by Crippen LogP contribution is 2.09. The standard InChI is InChI=1S/C11H15N3O2/c15-11(16)10-7-13-4-5-14(10)8-9-2-1-3-12-6-9/h1-3,6,10,13H,4-5,7-8H2,(H,15,16)/t10-/m0/s1. The van der Waals surface area contributed by atoms with Gasteiger partial charge in [-0.05, 0) is 11.6 Å². The summed E-state index contributed by atoms with van der Waals surface area (Å²) in [4.78, 5) is 17.1. The van der Waals surface area contributed by atoms with Gasteiger partial charge < -0.3 is 10.4 Å². The highest BCUT2D eigenvalue weighted by Gasteiger charge is 2.27. The van der Waals surface area contributed by atoms with E-state index in [0.717, 1.165) is 18.7 Å². The Labute approximate surface area is 94.1 Å². The van der Waals surface area contributed by atoms with E-state index in [1.165, 1.54) is 0 Å². The highest BCUT2D eigenvalue weighted by molar-refractivity contribution is 5.73. The number of carboxylic acid groups (broad SMARTS) is 1. The van der Waals surface area contributed by atoms with Gasteiger partial charge in [0.1, 0.15) is 6.04 Å². The van der Waals surface area contributed by atoms with Gasteiger partial charge in [0, 0.05) is 38.6 Å². The Morgan fingerprint density at radius 3 is 3.25 bits per heavy atom. The summed E-state index contributed by atoms with van der Waals surface area (Å²) in [5.41, 5.74) is 1.05. The summed E-state index contributed by atoms with van der Waals surface area (Å²) >= 11 is 0. The van der Waals surface area contributed by atoms with Gasteiger partial charge >= 0.3 is 5.97 Å². The third kappa shape index (κ3) is 2.56. The van der Waals surface area contributed by atoms with Gasteiger partial charge in [0.05, 0.1) is 0 Å². The fraction of sp³-hybridized carbons (Fsp3) is 0.455. The number of hydrogen-bond donors (Lipinski definition) is 2. The number of nitrogens with one attached hydrogen (secondary N) is 1. The molecule has 1 saturated heterocycles. The molecule has 2 heterocycles. The smallest absolute Gasteiger partial charge is 0.322 e. The number of rotatable bonds is 3. The van der Waals surface area contributed by atoms with Crippen LogP contribution < -0.4 is 5.32 Å². The Kier molecular flexibility index (Phi) is 3.48. The van der Waals surface area contributed by atoms with Crippen LogP contribution in [0.2, 0.25) is 0 Å². The minimum absolute atomic E-state index is 0.436. The first-order chi connectivity index (χ1) is 7.77. The van der Waals surface area contributed by atoms with E-state index in [1.807, 2.05) is 17.0 Å². The lowest BCUT2D eigenvalue weighted by atomic mass is 10.1. The highest BCUT2D eigenvalue weighted by atomic mass is 16.4. The van der Waals surface area contributed by atoms with Crippen molar-refractivity contribution in [2.24, 2.45) is 0 Å². The Morgan fingerprint density at radius 2 is 2.56 bits per heavy atom. The van der Waals surface area contributed by atoms with E-state index in [9.17, 15) is 4.79 Å². The van der Waals surface area contributed by atoms with Crippen LogP contribution in [0.4, 0.5) is 0 Å². The number of carbonyl (C=O) groups is 1. The molecule has 1 aliphatic heterocycles. The van der Waals surface area contributed by atoms with Gasteiger partial charge in [-0.25, -0.2) is 0 Å². The lowest BCUT2D eigenvalue weighted by Crippen LogP contribution is -2.54. The molecular formula is C11H15N3O2. The van der Waals surface area contributed by atoms with E-state index in [1.54, 1.807) is 12.4 Å². The molecule has 1 aliphatic rings. The molecule has 86 valence electrons. The second-order valence-electron chi connectivity index (χ2n) is 3.89. The fourth-order valence-electron chi connectivity index (χ4n) is 1.91. The molecule has 0 radical (unpaired) electrons. The monoisotopic (exact) mass is 221 g/mol. The maximum atomic E-state index is 11.1. The van der Waals surface area contributed by atoms with Crippen LogP contribution in [0.3, 0.4) is 0 Å². The maximum absolute atomic E-state index is 11.1. The molecule has 0 saturated carbocycles. The van der Waals surface area contributed by atoms with Crippen molar-refractivity contribution in [2.45, 2.75) is 12.6 Å². The molecule has 0 unspecified atom stereocenters. The molecule has 5 nitrogen and oxygen atoms in total. The van der Waals surface area contributed by atoms with Gasteiger partial charge in [0.2, 0.25) is 0 Å². The zero-order valence-electron chi connectivity index (χ0n) is 8.97. The summed E-state index contributed by atoms with van der Waals surface area (Å²) in [6, 6.07) is 3.40. The first kappa shape index (κ1) is 11.0. The normalized spacial score (nSPS) is 21.9. The summed E-state index contributed by atoms with van der Waals surface area (Å²) in [6.45, 7) is 2.75. The number of nitrogens with zero attached hydrogens (tertiary/aromatic N) is 2. The van der Waals surface area contributed by atoms with Crippen LogP contribution in [0.5, 0.6) is 0 Å². The predicted octanol–water partition coefficient (Wildman–Crippen LogP) is -0.0600. The molecular weight excluding hydrogens is 206 g/mol. The van der Waals surface area contributed by atoms with Crippen molar-refractivity contribution in [2.75, 3.05) is 19.6 Å². The van der Waals surface area contributed by atoms with E-state index in [0.29, 0.717) is 13.1 Å². The summed E-state index contributed by atoms with van der Waals surface area (Å²) in [5.74, 6) is -0.768. The lowest BCUT2D eigenvalue weighted by Gasteiger charge is -2.33. The van der Waals surface area contributed by atoms with Crippen molar-refractivity contribution < 1.29 is 9.90 Å². The van der Waals surface area contributed by atoms with E-state index >= 15 is 0 Å². The zero-order chi connectivity index (χ0) is 11.4. The number of carboxylic acids is 1. The molecule has 0 spiro atoms. The van der Waals surface area contributed by atoms with Crippen LogP contribution in [-0.2, 0) is 11.3 Å². The molecule has 1 fully saturated rings. The van der Waals surface area contributed by atoms with Crippen molar-refractivity contribution in [1.82, 2.24) is 15.2 Å². The summed E-state index contributed by atoms with van der Waals surface area (Å²) in [6.07, 6.45) is 3.50. The molecule has 0 bridgehead atoms. The van der Waals surface area contributed by atoms with Crippen molar-refractivity contribution in [3.05, 3.63) is 30.1 Å². The van der Waals surface area contributed by atoms with Crippen molar-refractivity contribution in [1.29, 1.82) is 0 Å². The van der Waals surface area contributed by atoms with Crippen LogP contribution in [-0.4, -0.2) is 46.6 Å². The van der Waals surface area contributed by atoms with Gasteiger partial charge in [0.25, 0.3) is 0 Å². The number of aromatic nitrogens is 1. The molecule has 0 amide bonds. The van der Waals surface area contributed by atoms with Gasteiger partial charge in [-0.3, -0.25) is 14.7 Å². The molecule has 0 aromatic carbocycles. The number of hydrogen-bond acceptors (Lipinski definition) is 4. The summed E-state index contributed by atoms with van der Waals surface area (Å²) in [5, 5.41) is 12.2. The maximum Gasteiger partial charge on any atom is 0.322 e. The van der Waals surface area contributed by atoms with Crippen molar-refractivity contribution >= 4 is 5.97 Å². The summed E-state index contributed by atoms with van der Waals surface area (Å²) < 4.78 is 0. The number of aliphatic carboxylic acids is 1. The average molecular weight is 221 g/mol. The van der Waals surface area contributed by atoms with Crippen LogP contribution in [0, 0.1) is 0 Å². The summed E-state index contributed by atoms with van der Waals surface area (Å²) in [7, 11) is 0. The minimum atomic E-state index is -0.768. The molecule has 2 rings (SSSR count). The van der Waals surface area contributed by atoms with E-state index < -0.39 is 12.0 Å². The van der Waals surface area contributed by atoms with Crippen LogP contribution in [0.1, 0.15) is 5.56 Å². The minimum Gasteiger partial charge on any atom is -0.480 e. The van der Waals surface area contributed by atoms with Crippen LogP contribution in [0.15, 0.2) is 24.5 Å². The molecule has 16 heavy (non-hydrogen) atoms. The number of piperazine rings is 1. The quantitative estimate of drug-likeness (QED) is 0.748. The van der Waals surface area contributed by atoms with Gasteiger partial charge in [-0.2, -0.15) is 0 Å². The second kappa shape index (κ2) is 5.05. The van der Waals surface area contributed by atoms with Crippen molar-refractivity contribution in [3.63, 3.8) is 0 Å². The fourth-order valence-corrected chi connectivity index (χ4v) is 1.91. The van der Waals surface area contributed by atoms with E-state index in [-0.39, 0.29) is 0 Å². The molecule has 1 atom stereocenters. The second-order valence-corrected chi connectivity index (χ2v) is 3.89. The van der Waals surface area contributed by atoms with Gasteiger partial charge in [-0.15, -0.1) is 0 Å². The topological polar surface area (TPSA) is 65.5 Å².